The molecule has 0 aliphatic rings. The molecule has 0 bridgehead atoms. The fourth-order valence-electron chi connectivity index (χ4n) is 0.718. The van der Waals surface area contributed by atoms with Crippen LogP contribution in [0.4, 0.5) is 0 Å². The number of rotatable bonds is 6. The summed E-state index contributed by atoms with van der Waals surface area (Å²) in [6, 6.07) is 0. The van der Waals surface area contributed by atoms with Gasteiger partial charge in [-0.05, 0) is 13.3 Å². The van der Waals surface area contributed by atoms with Crippen molar-refractivity contribution in [3.63, 3.8) is 0 Å². The summed E-state index contributed by atoms with van der Waals surface area (Å²) in [5.74, 6) is 2.45. The number of terminal acetylenes is 1. The van der Waals surface area contributed by atoms with E-state index in [0.29, 0.717) is 19.6 Å². The average Bonchev–Trinajstić information content (AvgIpc) is 1.99. The first-order valence-electron chi connectivity index (χ1n) is 3.84. The molecule has 2 nitrogen and oxygen atoms in total. The Morgan fingerprint density at radius 3 is 2.91 bits per heavy atom. The van der Waals surface area contributed by atoms with Crippen LogP contribution < -0.4 is 0 Å². The summed E-state index contributed by atoms with van der Waals surface area (Å²) in [6.07, 6.45) is 6.55. The van der Waals surface area contributed by atoms with Crippen LogP contribution in [0.2, 0.25) is 0 Å². The molecule has 0 radical (unpaired) electrons. The molecule has 0 heterocycles. The highest BCUT2D eigenvalue weighted by Crippen LogP contribution is 1.94. The van der Waals surface area contributed by atoms with Crippen molar-refractivity contribution in [2.24, 2.45) is 0 Å². The number of hydrogen-bond donors (Lipinski definition) is 0. The third-order valence-corrected chi connectivity index (χ3v) is 1.25. The van der Waals surface area contributed by atoms with E-state index in [0.717, 1.165) is 6.42 Å². The number of ether oxygens (including phenoxy) is 1. The van der Waals surface area contributed by atoms with Gasteiger partial charge in [0, 0.05) is 19.6 Å². The van der Waals surface area contributed by atoms with E-state index in [1.807, 2.05) is 6.92 Å². The molecule has 0 saturated carbocycles. The fourth-order valence-corrected chi connectivity index (χ4v) is 0.718. The van der Waals surface area contributed by atoms with Crippen molar-refractivity contribution < 1.29 is 9.53 Å². The molecule has 0 aromatic carbocycles. The van der Waals surface area contributed by atoms with E-state index < -0.39 is 0 Å². The third kappa shape index (κ3) is 7.08. The van der Waals surface area contributed by atoms with Crippen molar-refractivity contribution in [2.45, 2.75) is 26.2 Å². The zero-order valence-electron chi connectivity index (χ0n) is 6.93. The molecule has 2 heteroatoms. The Hall–Kier alpha value is -0.810. The summed E-state index contributed by atoms with van der Waals surface area (Å²) in [5.41, 5.74) is 0. The lowest BCUT2D eigenvalue weighted by atomic mass is 10.2. The molecule has 0 rings (SSSR count). The molecule has 0 aliphatic carbocycles. The number of ketones is 1. The van der Waals surface area contributed by atoms with Crippen LogP contribution in [0.3, 0.4) is 0 Å². The minimum Gasteiger partial charge on any atom is -0.382 e. The normalized spacial score (nSPS) is 9.09. The Morgan fingerprint density at radius 2 is 2.36 bits per heavy atom. The Labute approximate surface area is 67.9 Å². The summed E-state index contributed by atoms with van der Waals surface area (Å²) >= 11 is 0. The second-order valence-electron chi connectivity index (χ2n) is 2.22. The molecule has 0 saturated heterocycles. The molecule has 0 aliphatic heterocycles. The number of Topliss-reactive ketones (excluding diaryl/α,β-unsaturated/α-hetero) is 1. The van der Waals surface area contributed by atoms with Crippen molar-refractivity contribution in [2.75, 3.05) is 13.2 Å². The molecule has 0 N–H and O–H groups in total. The van der Waals surface area contributed by atoms with E-state index >= 15 is 0 Å². The van der Waals surface area contributed by atoms with Crippen LogP contribution in [0.5, 0.6) is 0 Å². The molecule has 0 unspecified atom stereocenters. The predicted octanol–water partition coefficient (Wildman–Crippen LogP) is 1.40. The molecule has 0 fully saturated rings. The van der Waals surface area contributed by atoms with Crippen LogP contribution in [-0.2, 0) is 9.53 Å². The summed E-state index contributed by atoms with van der Waals surface area (Å²) in [7, 11) is 0. The fraction of sp³-hybridized carbons (Fsp3) is 0.667. The first-order chi connectivity index (χ1) is 5.31. The largest absolute Gasteiger partial charge is 0.382 e. The van der Waals surface area contributed by atoms with Crippen molar-refractivity contribution in [1.29, 1.82) is 0 Å². The monoisotopic (exact) mass is 154 g/mol. The van der Waals surface area contributed by atoms with E-state index in [1.54, 1.807) is 0 Å². The van der Waals surface area contributed by atoms with Crippen LogP contribution in [0, 0.1) is 12.3 Å². The molecule has 0 spiro atoms. The Bertz CT molecular complexity index is 144. The Kier molecular flexibility index (Phi) is 6.76. The van der Waals surface area contributed by atoms with Gasteiger partial charge in [0.05, 0.1) is 6.42 Å². The lowest BCUT2D eigenvalue weighted by Gasteiger charge is -1.98. The standard InChI is InChI=1S/C9H14O2/c1-3-6-9(10)7-5-8-11-4-2/h1H,4-8H2,2H3. The molecule has 62 valence electrons. The Morgan fingerprint density at radius 1 is 1.64 bits per heavy atom. The topological polar surface area (TPSA) is 26.3 Å². The van der Waals surface area contributed by atoms with Gasteiger partial charge >= 0.3 is 0 Å². The number of carbonyl (C=O) groups is 1. The molecular weight excluding hydrogens is 140 g/mol. The predicted molar refractivity (Wildman–Crippen MR) is 44.2 cm³/mol. The lowest BCUT2D eigenvalue weighted by molar-refractivity contribution is -0.118. The molecule has 0 aromatic rings. The zero-order chi connectivity index (χ0) is 8.53. The third-order valence-electron chi connectivity index (χ3n) is 1.25. The summed E-state index contributed by atoms with van der Waals surface area (Å²) in [4.78, 5) is 10.8. The minimum absolute atomic E-state index is 0.132. The molecule has 0 aromatic heterocycles. The highest BCUT2D eigenvalue weighted by atomic mass is 16.5. The van der Waals surface area contributed by atoms with Crippen LogP contribution in [-0.4, -0.2) is 19.0 Å². The van der Waals surface area contributed by atoms with E-state index in [4.69, 9.17) is 11.2 Å². The van der Waals surface area contributed by atoms with Gasteiger partial charge in [-0.1, -0.05) is 5.92 Å². The molecular formula is C9H14O2. The number of hydrogen-bond acceptors (Lipinski definition) is 2. The Balaban J connectivity index is 3.12. The van der Waals surface area contributed by atoms with Crippen molar-refractivity contribution in [3.8, 4) is 12.3 Å². The zero-order valence-corrected chi connectivity index (χ0v) is 6.93. The van der Waals surface area contributed by atoms with Gasteiger partial charge < -0.3 is 4.74 Å². The maximum atomic E-state index is 10.8. The summed E-state index contributed by atoms with van der Waals surface area (Å²) in [5, 5.41) is 0. The van der Waals surface area contributed by atoms with Gasteiger partial charge in [0.25, 0.3) is 0 Å². The highest BCUT2D eigenvalue weighted by Gasteiger charge is 1.97. The minimum atomic E-state index is 0.132. The first kappa shape index (κ1) is 10.2. The van der Waals surface area contributed by atoms with Crippen molar-refractivity contribution in [1.82, 2.24) is 0 Å². The van der Waals surface area contributed by atoms with E-state index in [1.165, 1.54) is 0 Å². The van der Waals surface area contributed by atoms with Gasteiger partial charge in [-0.2, -0.15) is 0 Å². The van der Waals surface area contributed by atoms with Gasteiger partial charge in [0.15, 0.2) is 0 Å². The van der Waals surface area contributed by atoms with Gasteiger partial charge in [-0.25, -0.2) is 0 Å². The van der Waals surface area contributed by atoms with Gasteiger partial charge in [0.2, 0.25) is 0 Å². The van der Waals surface area contributed by atoms with Gasteiger partial charge in [-0.3, -0.25) is 4.79 Å². The van der Waals surface area contributed by atoms with Crippen LogP contribution in [0.25, 0.3) is 0 Å². The van der Waals surface area contributed by atoms with Crippen molar-refractivity contribution in [3.05, 3.63) is 0 Å². The molecule has 0 atom stereocenters. The summed E-state index contributed by atoms with van der Waals surface area (Å²) < 4.78 is 5.06. The molecule has 0 amide bonds. The lowest BCUT2D eigenvalue weighted by Crippen LogP contribution is -2.00. The van der Waals surface area contributed by atoms with Crippen LogP contribution in [0.1, 0.15) is 26.2 Å². The van der Waals surface area contributed by atoms with Gasteiger partial charge in [-0.15, -0.1) is 6.42 Å². The SMILES string of the molecule is C#CCC(=O)CCCOCC. The van der Waals surface area contributed by atoms with E-state index in [-0.39, 0.29) is 12.2 Å². The summed E-state index contributed by atoms with van der Waals surface area (Å²) in [6.45, 7) is 3.30. The van der Waals surface area contributed by atoms with Crippen LogP contribution >= 0.6 is 0 Å². The second kappa shape index (κ2) is 7.30. The maximum Gasteiger partial charge on any atom is 0.144 e. The maximum absolute atomic E-state index is 10.8. The van der Waals surface area contributed by atoms with Crippen LogP contribution in [0.15, 0.2) is 0 Å². The average molecular weight is 154 g/mol. The highest BCUT2D eigenvalue weighted by molar-refractivity contribution is 5.80. The van der Waals surface area contributed by atoms with Gasteiger partial charge in [0.1, 0.15) is 5.78 Å². The first-order valence-corrected chi connectivity index (χ1v) is 3.84. The smallest absolute Gasteiger partial charge is 0.144 e. The second-order valence-corrected chi connectivity index (χ2v) is 2.22. The number of carbonyl (C=O) groups excluding carboxylic acids is 1. The molecule has 11 heavy (non-hydrogen) atoms. The van der Waals surface area contributed by atoms with E-state index in [2.05, 4.69) is 5.92 Å². The van der Waals surface area contributed by atoms with E-state index in [9.17, 15) is 4.79 Å². The van der Waals surface area contributed by atoms with Crippen molar-refractivity contribution >= 4 is 5.78 Å². The quantitative estimate of drug-likeness (QED) is 0.427.